The van der Waals surface area contributed by atoms with Crippen LogP contribution in [-0.2, 0) is 6.42 Å². The van der Waals surface area contributed by atoms with Crippen molar-refractivity contribution in [3.05, 3.63) is 34.3 Å². The number of benzene rings is 1. The van der Waals surface area contributed by atoms with Crippen LogP contribution in [0.25, 0.3) is 0 Å². The molecular formula is C18H25ClN2. The second kappa shape index (κ2) is 5.91. The molecule has 1 heterocycles. The number of fused-ring (bicyclic) bond motifs is 1. The average Bonchev–Trinajstić information content (AvgIpc) is 3.26. The van der Waals surface area contributed by atoms with E-state index in [4.69, 9.17) is 11.6 Å². The van der Waals surface area contributed by atoms with Crippen LogP contribution in [0.2, 0.25) is 5.02 Å². The molecule has 1 aliphatic heterocycles. The van der Waals surface area contributed by atoms with Crippen molar-refractivity contribution in [2.75, 3.05) is 19.6 Å². The maximum atomic E-state index is 6.16. The summed E-state index contributed by atoms with van der Waals surface area (Å²) in [6.45, 7) is 3.72. The molecule has 1 unspecified atom stereocenters. The van der Waals surface area contributed by atoms with Crippen LogP contribution in [-0.4, -0.2) is 30.6 Å². The minimum Gasteiger partial charge on any atom is -0.317 e. The summed E-state index contributed by atoms with van der Waals surface area (Å²) >= 11 is 6.16. The molecule has 0 bridgehead atoms. The normalized spacial score (nSPS) is 26.3. The van der Waals surface area contributed by atoms with Gasteiger partial charge in [-0.3, -0.25) is 4.90 Å². The molecule has 4 rings (SSSR count). The van der Waals surface area contributed by atoms with Gasteiger partial charge < -0.3 is 5.32 Å². The van der Waals surface area contributed by atoms with Gasteiger partial charge in [-0.2, -0.15) is 0 Å². The molecule has 2 nitrogen and oxygen atoms in total. The Hall–Kier alpha value is -0.570. The SMILES string of the molecule is Clc1ccc2c(c1)CCC2N(CC1CCNCC1)C1CC1. The fourth-order valence-electron chi connectivity index (χ4n) is 4.21. The summed E-state index contributed by atoms with van der Waals surface area (Å²) in [7, 11) is 0. The van der Waals surface area contributed by atoms with Crippen molar-refractivity contribution in [3.63, 3.8) is 0 Å². The van der Waals surface area contributed by atoms with E-state index in [0.717, 1.165) is 17.0 Å². The van der Waals surface area contributed by atoms with E-state index in [-0.39, 0.29) is 0 Å². The number of hydrogen-bond donors (Lipinski definition) is 1. The van der Waals surface area contributed by atoms with Crippen LogP contribution < -0.4 is 5.32 Å². The third kappa shape index (κ3) is 2.99. The zero-order chi connectivity index (χ0) is 14.2. The smallest absolute Gasteiger partial charge is 0.0408 e. The molecule has 1 aromatic rings. The maximum absolute atomic E-state index is 6.16. The van der Waals surface area contributed by atoms with Gasteiger partial charge in [0.1, 0.15) is 0 Å². The predicted octanol–water partition coefficient (Wildman–Crippen LogP) is 3.79. The van der Waals surface area contributed by atoms with Gasteiger partial charge in [0.05, 0.1) is 0 Å². The summed E-state index contributed by atoms with van der Waals surface area (Å²) in [6, 6.07) is 8.06. The number of aryl methyl sites for hydroxylation is 1. The van der Waals surface area contributed by atoms with Crippen molar-refractivity contribution in [2.24, 2.45) is 5.92 Å². The van der Waals surface area contributed by atoms with Crippen molar-refractivity contribution in [1.29, 1.82) is 0 Å². The lowest BCUT2D eigenvalue weighted by atomic mass is 9.96. The molecule has 0 radical (unpaired) electrons. The zero-order valence-corrected chi connectivity index (χ0v) is 13.4. The van der Waals surface area contributed by atoms with Crippen molar-refractivity contribution in [2.45, 2.75) is 50.6 Å². The Labute approximate surface area is 132 Å². The van der Waals surface area contributed by atoms with Gasteiger partial charge in [0.15, 0.2) is 0 Å². The summed E-state index contributed by atoms with van der Waals surface area (Å²) in [5.41, 5.74) is 3.05. The highest BCUT2D eigenvalue weighted by atomic mass is 35.5. The third-order valence-electron chi connectivity index (χ3n) is 5.50. The molecule has 1 aromatic carbocycles. The highest BCUT2D eigenvalue weighted by molar-refractivity contribution is 6.30. The lowest BCUT2D eigenvalue weighted by Crippen LogP contribution is -2.38. The Bertz CT molecular complexity index is 506. The molecule has 1 N–H and O–H groups in total. The predicted molar refractivity (Wildman–Crippen MR) is 87.8 cm³/mol. The van der Waals surface area contributed by atoms with Crippen LogP contribution in [0, 0.1) is 5.92 Å². The first kappa shape index (κ1) is 14.0. The molecular weight excluding hydrogens is 280 g/mol. The van der Waals surface area contributed by atoms with Crippen molar-refractivity contribution < 1.29 is 0 Å². The Kier molecular flexibility index (Phi) is 3.95. The fraction of sp³-hybridized carbons (Fsp3) is 0.667. The Morgan fingerprint density at radius 2 is 1.90 bits per heavy atom. The van der Waals surface area contributed by atoms with Crippen LogP contribution in [0.1, 0.15) is 49.3 Å². The molecule has 1 saturated heterocycles. The number of nitrogens with one attached hydrogen (secondary N) is 1. The number of nitrogens with zero attached hydrogens (tertiary/aromatic N) is 1. The lowest BCUT2D eigenvalue weighted by molar-refractivity contribution is 0.142. The number of halogens is 1. The Morgan fingerprint density at radius 3 is 2.67 bits per heavy atom. The first-order valence-corrected chi connectivity index (χ1v) is 8.94. The summed E-state index contributed by atoms with van der Waals surface area (Å²) in [5.74, 6) is 0.892. The van der Waals surface area contributed by atoms with Gasteiger partial charge in [-0.15, -0.1) is 0 Å². The van der Waals surface area contributed by atoms with E-state index >= 15 is 0 Å². The van der Waals surface area contributed by atoms with Gasteiger partial charge >= 0.3 is 0 Å². The van der Waals surface area contributed by atoms with Crippen molar-refractivity contribution >= 4 is 11.6 Å². The zero-order valence-electron chi connectivity index (χ0n) is 12.7. The molecule has 1 atom stereocenters. The molecule has 2 fully saturated rings. The summed E-state index contributed by atoms with van der Waals surface area (Å²) < 4.78 is 0. The molecule has 3 aliphatic rings. The quantitative estimate of drug-likeness (QED) is 0.910. The fourth-order valence-corrected chi connectivity index (χ4v) is 4.40. The summed E-state index contributed by atoms with van der Waals surface area (Å²) in [5, 5.41) is 4.39. The van der Waals surface area contributed by atoms with Crippen molar-refractivity contribution in [3.8, 4) is 0 Å². The lowest BCUT2D eigenvalue weighted by Gasteiger charge is -2.34. The van der Waals surface area contributed by atoms with E-state index in [2.05, 4.69) is 28.4 Å². The molecule has 114 valence electrons. The van der Waals surface area contributed by atoms with E-state index in [1.807, 2.05) is 0 Å². The van der Waals surface area contributed by atoms with Gasteiger partial charge in [-0.05, 0) is 80.8 Å². The molecule has 1 saturated carbocycles. The van der Waals surface area contributed by atoms with Crippen LogP contribution in [0.3, 0.4) is 0 Å². The standard InChI is InChI=1S/C18H25ClN2/c19-15-2-5-17-14(11-15)1-6-18(17)21(16-3-4-16)12-13-7-9-20-10-8-13/h2,5,11,13,16,18,20H,1,3-4,6-10,12H2. The van der Waals surface area contributed by atoms with Gasteiger partial charge in [0, 0.05) is 23.7 Å². The van der Waals surface area contributed by atoms with Crippen LogP contribution in [0.4, 0.5) is 0 Å². The topological polar surface area (TPSA) is 15.3 Å². The van der Waals surface area contributed by atoms with E-state index in [0.29, 0.717) is 6.04 Å². The molecule has 21 heavy (non-hydrogen) atoms. The third-order valence-corrected chi connectivity index (χ3v) is 5.73. The van der Waals surface area contributed by atoms with Gasteiger partial charge in [-0.1, -0.05) is 17.7 Å². The van der Waals surface area contributed by atoms with Crippen LogP contribution in [0.15, 0.2) is 18.2 Å². The molecule has 0 aromatic heterocycles. The number of piperidine rings is 1. The number of rotatable bonds is 4. The second-order valence-corrected chi connectivity index (χ2v) is 7.46. The average molecular weight is 305 g/mol. The van der Waals surface area contributed by atoms with Gasteiger partial charge in [0.2, 0.25) is 0 Å². The minimum atomic E-state index is 0.652. The van der Waals surface area contributed by atoms with Gasteiger partial charge in [0.25, 0.3) is 0 Å². The molecule has 3 heteroatoms. The highest BCUT2D eigenvalue weighted by Gasteiger charge is 2.38. The first-order chi connectivity index (χ1) is 10.3. The van der Waals surface area contributed by atoms with Crippen LogP contribution in [0.5, 0.6) is 0 Å². The van der Waals surface area contributed by atoms with Crippen molar-refractivity contribution in [1.82, 2.24) is 10.2 Å². The largest absolute Gasteiger partial charge is 0.317 e. The van der Waals surface area contributed by atoms with E-state index in [1.165, 1.54) is 63.7 Å². The summed E-state index contributed by atoms with van der Waals surface area (Å²) in [4.78, 5) is 2.84. The second-order valence-electron chi connectivity index (χ2n) is 7.02. The highest BCUT2D eigenvalue weighted by Crippen LogP contribution is 2.43. The molecule has 0 spiro atoms. The minimum absolute atomic E-state index is 0.652. The Balaban J connectivity index is 1.52. The van der Waals surface area contributed by atoms with E-state index in [1.54, 1.807) is 5.56 Å². The maximum Gasteiger partial charge on any atom is 0.0408 e. The molecule has 2 aliphatic carbocycles. The monoisotopic (exact) mass is 304 g/mol. The van der Waals surface area contributed by atoms with Crippen LogP contribution >= 0.6 is 11.6 Å². The van der Waals surface area contributed by atoms with E-state index < -0.39 is 0 Å². The summed E-state index contributed by atoms with van der Waals surface area (Å²) in [6.07, 6.45) is 8.01. The van der Waals surface area contributed by atoms with E-state index in [9.17, 15) is 0 Å². The first-order valence-electron chi connectivity index (χ1n) is 8.56. The molecule has 0 amide bonds. The van der Waals surface area contributed by atoms with Gasteiger partial charge in [-0.25, -0.2) is 0 Å². The Morgan fingerprint density at radius 1 is 1.10 bits per heavy atom. The number of hydrogen-bond acceptors (Lipinski definition) is 2.